The fourth-order valence-electron chi connectivity index (χ4n) is 4.18. The van der Waals surface area contributed by atoms with Crippen LogP contribution in [0.4, 0.5) is 5.69 Å². The molecule has 0 aromatic heterocycles. The molecule has 1 saturated heterocycles. The van der Waals surface area contributed by atoms with Gasteiger partial charge in [-0.1, -0.05) is 29.8 Å². The number of amides is 1. The molecule has 1 spiro atoms. The van der Waals surface area contributed by atoms with Gasteiger partial charge < -0.3 is 10.2 Å². The fourth-order valence-corrected chi connectivity index (χ4v) is 4.40. The van der Waals surface area contributed by atoms with Gasteiger partial charge in [-0.05, 0) is 24.1 Å². The SMILES string of the molecule is O=C(C1C=C(Cl)N=CC1)N1CC2(CC[NH2+]CC2)c2ccccc21. The highest BCUT2D eigenvalue weighted by molar-refractivity contribution is 6.30. The topological polar surface area (TPSA) is 49.3 Å². The number of fused-ring (bicyclic) bond motifs is 2. The molecule has 0 radical (unpaired) electrons. The Morgan fingerprint density at radius 3 is 2.87 bits per heavy atom. The lowest BCUT2D eigenvalue weighted by molar-refractivity contribution is -0.665. The Bertz CT molecular complexity index is 691. The van der Waals surface area contributed by atoms with Crippen LogP contribution in [-0.4, -0.2) is 31.8 Å². The molecule has 4 nitrogen and oxygen atoms in total. The average molecular weight is 331 g/mol. The Morgan fingerprint density at radius 1 is 1.30 bits per heavy atom. The van der Waals surface area contributed by atoms with Crippen LogP contribution in [0.5, 0.6) is 0 Å². The summed E-state index contributed by atoms with van der Waals surface area (Å²) in [5, 5.41) is 2.79. The molecule has 0 aliphatic carbocycles. The monoisotopic (exact) mass is 330 g/mol. The standard InChI is InChI=1S/C18H20ClN3O/c19-16-11-13(5-8-21-16)17(23)22-12-18(6-9-20-10-7-18)14-3-1-2-4-15(14)22/h1-4,8,11,13,20H,5-7,9-10,12H2/p+1. The van der Waals surface area contributed by atoms with E-state index in [0.717, 1.165) is 38.2 Å². The molecule has 1 fully saturated rings. The highest BCUT2D eigenvalue weighted by Gasteiger charge is 2.46. The van der Waals surface area contributed by atoms with E-state index in [1.165, 1.54) is 5.56 Å². The molecule has 3 aliphatic heterocycles. The number of nitrogens with zero attached hydrogens (tertiary/aromatic N) is 2. The van der Waals surface area contributed by atoms with Gasteiger partial charge in [-0.15, -0.1) is 0 Å². The highest BCUT2D eigenvalue weighted by atomic mass is 35.5. The minimum Gasteiger partial charge on any atom is -0.346 e. The first-order valence-electron chi connectivity index (χ1n) is 8.32. The summed E-state index contributed by atoms with van der Waals surface area (Å²) in [6.07, 6.45) is 6.44. The maximum absolute atomic E-state index is 13.1. The molecule has 0 saturated carbocycles. The van der Waals surface area contributed by atoms with Gasteiger partial charge in [0, 0.05) is 36.7 Å². The van der Waals surface area contributed by atoms with Crippen LogP contribution in [-0.2, 0) is 10.2 Å². The Labute approximate surface area is 141 Å². The number of rotatable bonds is 1. The smallest absolute Gasteiger partial charge is 0.234 e. The molecule has 1 amide bonds. The summed E-state index contributed by atoms with van der Waals surface area (Å²) in [7, 11) is 0. The summed E-state index contributed by atoms with van der Waals surface area (Å²) in [4.78, 5) is 19.1. The highest BCUT2D eigenvalue weighted by Crippen LogP contribution is 2.46. The zero-order chi connectivity index (χ0) is 15.9. The molecular formula is C18H21ClN3O+. The molecule has 23 heavy (non-hydrogen) atoms. The molecule has 1 atom stereocenters. The lowest BCUT2D eigenvalue weighted by Crippen LogP contribution is -2.87. The predicted molar refractivity (Wildman–Crippen MR) is 91.9 cm³/mol. The lowest BCUT2D eigenvalue weighted by Gasteiger charge is -2.33. The molecule has 3 heterocycles. The Balaban J connectivity index is 1.68. The third-order valence-electron chi connectivity index (χ3n) is 5.38. The molecule has 120 valence electrons. The Morgan fingerprint density at radius 2 is 2.09 bits per heavy atom. The fraction of sp³-hybridized carbons (Fsp3) is 0.444. The van der Waals surface area contributed by atoms with E-state index >= 15 is 0 Å². The Kier molecular flexibility index (Phi) is 3.74. The number of anilines is 1. The van der Waals surface area contributed by atoms with Crippen molar-refractivity contribution in [2.75, 3.05) is 24.5 Å². The first kappa shape index (κ1) is 14.9. The van der Waals surface area contributed by atoms with Crippen molar-refractivity contribution < 1.29 is 10.1 Å². The van der Waals surface area contributed by atoms with Gasteiger partial charge in [0.2, 0.25) is 5.91 Å². The normalized spacial score (nSPS) is 25.3. The van der Waals surface area contributed by atoms with Gasteiger partial charge in [0.1, 0.15) is 5.16 Å². The summed E-state index contributed by atoms with van der Waals surface area (Å²) in [5.74, 6) is -0.0495. The number of piperidine rings is 1. The van der Waals surface area contributed by atoms with Crippen molar-refractivity contribution in [1.82, 2.24) is 0 Å². The number of benzene rings is 1. The van der Waals surface area contributed by atoms with Crippen LogP contribution in [0.2, 0.25) is 0 Å². The van der Waals surface area contributed by atoms with Crippen LogP contribution < -0.4 is 10.2 Å². The molecule has 0 bridgehead atoms. The van der Waals surface area contributed by atoms with Gasteiger partial charge in [0.15, 0.2) is 0 Å². The number of halogens is 1. The Hall–Kier alpha value is -1.65. The number of aliphatic imine (C=N–C) groups is 1. The van der Waals surface area contributed by atoms with Gasteiger partial charge in [-0.25, -0.2) is 4.99 Å². The number of para-hydroxylation sites is 1. The molecule has 5 heteroatoms. The predicted octanol–water partition coefficient (Wildman–Crippen LogP) is 1.80. The molecule has 3 aliphatic rings. The molecule has 1 aromatic carbocycles. The molecular weight excluding hydrogens is 310 g/mol. The van der Waals surface area contributed by atoms with E-state index in [1.807, 2.05) is 11.0 Å². The van der Waals surface area contributed by atoms with Crippen LogP contribution >= 0.6 is 11.6 Å². The van der Waals surface area contributed by atoms with E-state index in [1.54, 1.807) is 12.3 Å². The first-order chi connectivity index (χ1) is 11.2. The summed E-state index contributed by atoms with van der Waals surface area (Å²) >= 11 is 5.99. The average Bonchev–Trinajstić information content (AvgIpc) is 2.90. The minimum absolute atomic E-state index is 0.136. The number of carbonyl (C=O) groups is 1. The lowest BCUT2D eigenvalue weighted by atomic mass is 9.75. The van der Waals surface area contributed by atoms with Crippen molar-refractivity contribution >= 4 is 29.4 Å². The van der Waals surface area contributed by atoms with Gasteiger partial charge in [-0.2, -0.15) is 0 Å². The van der Waals surface area contributed by atoms with E-state index in [9.17, 15) is 4.79 Å². The number of nitrogens with two attached hydrogens (primary N) is 1. The number of carbonyl (C=O) groups excluding carboxylic acids is 1. The van der Waals surface area contributed by atoms with Crippen molar-refractivity contribution in [2.45, 2.75) is 24.7 Å². The summed E-state index contributed by atoms with van der Waals surface area (Å²) in [6, 6.07) is 8.41. The van der Waals surface area contributed by atoms with E-state index in [0.29, 0.717) is 11.6 Å². The van der Waals surface area contributed by atoms with Gasteiger partial charge in [0.25, 0.3) is 0 Å². The molecule has 1 aromatic rings. The number of hydrogen-bond donors (Lipinski definition) is 1. The van der Waals surface area contributed by atoms with E-state index in [-0.39, 0.29) is 17.2 Å². The van der Waals surface area contributed by atoms with Gasteiger partial charge in [-0.3, -0.25) is 4.79 Å². The van der Waals surface area contributed by atoms with E-state index < -0.39 is 0 Å². The summed E-state index contributed by atoms with van der Waals surface area (Å²) in [5.41, 5.74) is 2.57. The van der Waals surface area contributed by atoms with Crippen molar-refractivity contribution in [3.63, 3.8) is 0 Å². The zero-order valence-electron chi connectivity index (χ0n) is 13.0. The van der Waals surface area contributed by atoms with E-state index in [2.05, 4.69) is 28.5 Å². The van der Waals surface area contributed by atoms with Gasteiger partial charge in [0.05, 0.1) is 19.0 Å². The van der Waals surface area contributed by atoms with Gasteiger partial charge >= 0.3 is 0 Å². The van der Waals surface area contributed by atoms with Crippen molar-refractivity contribution in [3.8, 4) is 0 Å². The second-order valence-corrected chi connectivity index (χ2v) is 7.12. The minimum atomic E-state index is -0.196. The largest absolute Gasteiger partial charge is 0.346 e. The number of hydrogen-bond acceptors (Lipinski definition) is 2. The van der Waals surface area contributed by atoms with Crippen molar-refractivity contribution in [1.29, 1.82) is 0 Å². The second-order valence-electron chi connectivity index (χ2n) is 6.73. The van der Waals surface area contributed by atoms with Crippen LogP contribution in [0.25, 0.3) is 0 Å². The third-order valence-corrected chi connectivity index (χ3v) is 5.60. The zero-order valence-corrected chi connectivity index (χ0v) is 13.8. The molecule has 4 rings (SSSR count). The summed E-state index contributed by atoms with van der Waals surface area (Å²) in [6.45, 7) is 3.08. The third kappa shape index (κ3) is 2.50. The quantitative estimate of drug-likeness (QED) is 0.784. The first-order valence-corrected chi connectivity index (χ1v) is 8.70. The maximum atomic E-state index is 13.1. The van der Waals surface area contributed by atoms with Crippen LogP contribution in [0.15, 0.2) is 40.5 Å². The summed E-state index contributed by atoms with van der Waals surface area (Å²) < 4.78 is 0. The number of quaternary nitrogens is 1. The maximum Gasteiger partial charge on any atom is 0.234 e. The second kappa shape index (κ2) is 5.77. The van der Waals surface area contributed by atoms with Crippen molar-refractivity contribution in [2.24, 2.45) is 10.9 Å². The van der Waals surface area contributed by atoms with Crippen LogP contribution in [0.1, 0.15) is 24.8 Å². The van der Waals surface area contributed by atoms with Crippen LogP contribution in [0.3, 0.4) is 0 Å². The molecule has 1 unspecified atom stereocenters. The van der Waals surface area contributed by atoms with E-state index in [4.69, 9.17) is 11.6 Å². The van der Waals surface area contributed by atoms with Crippen molar-refractivity contribution in [3.05, 3.63) is 41.1 Å². The molecule has 2 N–H and O–H groups in total. The van der Waals surface area contributed by atoms with Crippen LogP contribution in [0, 0.1) is 5.92 Å².